The van der Waals surface area contributed by atoms with Gasteiger partial charge in [-0.2, -0.15) is 0 Å². The molecule has 0 saturated heterocycles. The van der Waals surface area contributed by atoms with Gasteiger partial charge >= 0.3 is 0 Å². The van der Waals surface area contributed by atoms with Crippen LogP contribution in [0.1, 0.15) is 17.7 Å². The van der Waals surface area contributed by atoms with Crippen LogP contribution in [0, 0.1) is 6.92 Å². The average molecular weight is 289 g/mol. The number of rotatable bonds is 7. The number of hydrogen-bond donors (Lipinski definition) is 2. The van der Waals surface area contributed by atoms with Gasteiger partial charge in [-0.15, -0.1) is 11.8 Å². The molecule has 0 radical (unpaired) electrons. The summed E-state index contributed by atoms with van der Waals surface area (Å²) in [6, 6.07) is 8.37. The molecule has 1 amide bonds. The van der Waals surface area contributed by atoms with Gasteiger partial charge in [-0.1, -0.05) is 17.7 Å². The van der Waals surface area contributed by atoms with Crippen LogP contribution < -0.4 is 5.32 Å². The Kier molecular flexibility index (Phi) is 5.68. The summed E-state index contributed by atoms with van der Waals surface area (Å²) in [5.41, 5.74) is 2.30. The van der Waals surface area contributed by atoms with Crippen molar-refractivity contribution in [2.24, 2.45) is 0 Å². The molecule has 0 spiro atoms. The minimum atomic E-state index is 0.101. The van der Waals surface area contributed by atoms with Gasteiger partial charge in [-0.3, -0.25) is 4.79 Å². The maximum atomic E-state index is 11.7. The van der Waals surface area contributed by atoms with Gasteiger partial charge in [0.2, 0.25) is 5.91 Å². The van der Waals surface area contributed by atoms with Crippen LogP contribution in [0.4, 0.5) is 0 Å². The molecule has 0 aliphatic carbocycles. The van der Waals surface area contributed by atoms with E-state index in [9.17, 15) is 4.79 Å². The van der Waals surface area contributed by atoms with E-state index in [1.165, 1.54) is 10.5 Å². The second-order valence-electron chi connectivity index (χ2n) is 4.59. The Morgan fingerprint density at radius 2 is 2.15 bits per heavy atom. The minimum Gasteiger partial charge on any atom is -0.356 e. The zero-order valence-corrected chi connectivity index (χ0v) is 12.4. The summed E-state index contributed by atoms with van der Waals surface area (Å²) in [6.45, 7) is 2.72. The second kappa shape index (κ2) is 7.75. The summed E-state index contributed by atoms with van der Waals surface area (Å²) in [5, 5.41) is 2.92. The summed E-state index contributed by atoms with van der Waals surface area (Å²) in [5.74, 6) is 0.906. The highest BCUT2D eigenvalue weighted by atomic mass is 32.2. The molecule has 0 aliphatic rings. The predicted octanol–water partition coefficient (Wildman–Crippen LogP) is 2.56. The van der Waals surface area contributed by atoms with Crippen molar-refractivity contribution < 1.29 is 4.79 Å². The van der Waals surface area contributed by atoms with Gasteiger partial charge in [-0.25, -0.2) is 4.98 Å². The second-order valence-corrected chi connectivity index (χ2v) is 5.76. The van der Waals surface area contributed by atoms with Crippen LogP contribution in [0.15, 0.2) is 41.7 Å². The Balaban J connectivity index is 1.59. The first kappa shape index (κ1) is 14.7. The highest BCUT2D eigenvalue weighted by Crippen LogP contribution is 2.18. The number of carbonyl (C=O) groups excluding carboxylic acids is 1. The molecule has 0 saturated carbocycles. The van der Waals surface area contributed by atoms with E-state index in [0.29, 0.717) is 13.0 Å². The predicted molar refractivity (Wildman–Crippen MR) is 81.8 cm³/mol. The molecular formula is C15H19N3OS. The van der Waals surface area contributed by atoms with E-state index in [4.69, 9.17) is 0 Å². The van der Waals surface area contributed by atoms with Crippen molar-refractivity contribution in [3.05, 3.63) is 48.0 Å². The van der Waals surface area contributed by atoms with Gasteiger partial charge in [0, 0.05) is 41.9 Å². The van der Waals surface area contributed by atoms with E-state index in [-0.39, 0.29) is 5.91 Å². The van der Waals surface area contributed by atoms with Gasteiger partial charge < -0.3 is 10.3 Å². The van der Waals surface area contributed by atoms with Crippen LogP contribution in [0.5, 0.6) is 0 Å². The van der Waals surface area contributed by atoms with Gasteiger partial charge in [0.1, 0.15) is 0 Å². The number of hydrogen-bond acceptors (Lipinski definition) is 3. The fourth-order valence-electron chi connectivity index (χ4n) is 1.74. The maximum Gasteiger partial charge on any atom is 0.220 e. The van der Waals surface area contributed by atoms with Crippen molar-refractivity contribution >= 4 is 17.7 Å². The van der Waals surface area contributed by atoms with Gasteiger partial charge in [0.15, 0.2) is 0 Å². The highest BCUT2D eigenvalue weighted by molar-refractivity contribution is 7.99. The van der Waals surface area contributed by atoms with Gasteiger partial charge in [-0.05, 0) is 19.1 Å². The molecule has 4 nitrogen and oxygen atoms in total. The van der Waals surface area contributed by atoms with Crippen LogP contribution in [0.25, 0.3) is 0 Å². The van der Waals surface area contributed by atoms with Crippen LogP contribution >= 0.6 is 11.8 Å². The first-order chi connectivity index (χ1) is 9.74. The summed E-state index contributed by atoms with van der Waals surface area (Å²) in [7, 11) is 0. The van der Waals surface area contributed by atoms with Crippen LogP contribution in [-0.2, 0) is 11.2 Å². The smallest absolute Gasteiger partial charge is 0.220 e. The van der Waals surface area contributed by atoms with Crippen molar-refractivity contribution in [2.75, 3.05) is 12.3 Å². The minimum absolute atomic E-state index is 0.101. The molecule has 1 heterocycles. The Morgan fingerprint density at radius 1 is 1.35 bits per heavy atom. The fraction of sp³-hybridized carbons (Fsp3) is 0.333. The van der Waals surface area contributed by atoms with Crippen molar-refractivity contribution in [3.63, 3.8) is 0 Å². The van der Waals surface area contributed by atoms with E-state index < -0.39 is 0 Å². The lowest BCUT2D eigenvalue weighted by molar-refractivity contribution is -0.120. The molecule has 2 aromatic rings. The molecule has 0 atom stereocenters. The molecule has 1 aromatic carbocycles. The maximum absolute atomic E-state index is 11.7. The fourth-order valence-corrected chi connectivity index (χ4v) is 2.59. The molecule has 106 valence electrons. The number of nitrogens with one attached hydrogen (secondary N) is 2. The SMILES string of the molecule is Cc1ccc(SCCC(=O)NCCc2cnc[nH]2)cc1. The summed E-state index contributed by atoms with van der Waals surface area (Å²) < 4.78 is 0. The molecule has 0 bridgehead atoms. The molecule has 1 aromatic heterocycles. The normalized spacial score (nSPS) is 10.4. The van der Waals surface area contributed by atoms with Crippen molar-refractivity contribution in [3.8, 4) is 0 Å². The lowest BCUT2D eigenvalue weighted by Gasteiger charge is -2.04. The van der Waals surface area contributed by atoms with Crippen LogP contribution in [-0.4, -0.2) is 28.2 Å². The third-order valence-corrected chi connectivity index (χ3v) is 3.90. The highest BCUT2D eigenvalue weighted by Gasteiger charge is 2.02. The zero-order chi connectivity index (χ0) is 14.2. The standard InChI is InChI=1S/C15H19N3OS/c1-12-2-4-14(5-3-12)20-9-7-15(19)17-8-6-13-10-16-11-18-13/h2-5,10-11H,6-9H2,1H3,(H,16,18)(H,17,19). The van der Waals surface area contributed by atoms with Gasteiger partial charge in [0.25, 0.3) is 0 Å². The molecule has 0 fully saturated rings. The monoisotopic (exact) mass is 289 g/mol. The van der Waals surface area contributed by atoms with E-state index >= 15 is 0 Å². The molecule has 5 heteroatoms. The molecule has 0 aliphatic heterocycles. The van der Waals surface area contributed by atoms with Gasteiger partial charge in [0.05, 0.1) is 6.33 Å². The number of aromatic nitrogens is 2. The Labute approximate surface area is 123 Å². The number of aryl methyl sites for hydroxylation is 1. The first-order valence-corrected chi connectivity index (χ1v) is 7.66. The number of aromatic amines is 1. The number of thioether (sulfide) groups is 1. The average Bonchev–Trinajstić information content (AvgIpc) is 2.94. The molecule has 2 N–H and O–H groups in total. The summed E-state index contributed by atoms with van der Waals surface area (Å²) in [6.07, 6.45) is 4.76. The summed E-state index contributed by atoms with van der Waals surface area (Å²) in [4.78, 5) is 19.8. The van der Waals surface area contributed by atoms with Crippen molar-refractivity contribution in [1.29, 1.82) is 0 Å². The number of nitrogens with zero attached hydrogens (tertiary/aromatic N) is 1. The third-order valence-electron chi connectivity index (χ3n) is 2.89. The summed E-state index contributed by atoms with van der Waals surface area (Å²) >= 11 is 1.71. The number of carbonyl (C=O) groups is 1. The topological polar surface area (TPSA) is 57.8 Å². The largest absolute Gasteiger partial charge is 0.356 e. The number of imidazole rings is 1. The Hall–Kier alpha value is -1.75. The number of benzene rings is 1. The lowest BCUT2D eigenvalue weighted by atomic mass is 10.2. The van der Waals surface area contributed by atoms with E-state index in [0.717, 1.165) is 17.9 Å². The Morgan fingerprint density at radius 3 is 2.85 bits per heavy atom. The molecule has 0 unspecified atom stereocenters. The van der Waals surface area contributed by atoms with Crippen molar-refractivity contribution in [2.45, 2.75) is 24.7 Å². The van der Waals surface area contributed by atoms with Crippen LogP contribution in [0.2, 0.25) is 0 Å². The van der Waals surface area contributed by atoms with Crippen LogP contribution in [0.3, 0.4) is 0 Å². The van der Waals surface area contributed by atoms with Crippen molar-refractivity contribution in [1.82, 2.24) is 15.3 Å². The molecular weight excluding hydrogens is 270 g/mol. The lowest BCUT2D eigenvalue weighted by Crippen LogP contribution is -2.25. The van der Waals surface area contributed by atoms with E-state index in [2.05, 4.69) is 46.5 Å². The third kappa shape index (κ3) is 5.09. The molecule has 20 heavy (non-hydrogen) atoms. The first-order valence-electron chi connectivity index (χ1n) is 6.67. The van der Waals surface area contributed by atoms with E-state index in [1.807, 2.05) is 0 Å². The number of H-pyrrole nitrogens is 1. The number of amides is 1. The van der Waals surface area contributed by atoms with E-state index in [1.54, 1.807) is 24.3 Å². The zero-order valence-electron chi connectivity index (χ0n) is 11.6. The Bertz CT molecular complexity index is 523. The molecule has 2 rings (SSSR count). The quantitative estimate of drug-likeness (QED) is 0.770.